The van der Waals surface area contributed by atoms with E-state index in [9.17, 15) is 0 Å². The van der Waals surface area contributed by atoms with Crippen LogP contribution in [0, 0.1) is 6.92 Å². The lowest BCUT2D eigenvalue weighted by Crippen LogP contribution is -2.17. The van der Waals surface area contributed by atoms with Gasteiger partial charge >= 0.3 is 0 Å². The van der Waals surface area contributed by atoms with Crippen molar-refractivity contribution in [3.63, 3.8) is 0 Å². The average Bonchev–Trinajstić information content (AvgIpc) is 2.87. The lowest BCUT2D eigenvalue weighted by molar-refractivity contribution is 0.591. The van der Waals surface area contributed by atoms with Crippen molar-refractivity contribution in [2.75, 3.05) is 11.9 Å². The SMILES string of the molecule is Cc1ccnc(NCCCn2cccn2)c1C(N)=S. The van der Waals surface area contributed by atoms with Gasteiger partial charge in [0.25, 0.3) is 0 Å². The first-order valence-electron chi connectivity index (χ1n) is 6.15. The van der Waals surface area contributed by atoms with Crippen molar-refractivity contribution in [3.8, 4) is 0 Å². The van der Waals surface area contributed by atoms with Gasteiger partial charge in [-0.1, -0.05) is 12.2 Å². The quantitative estimate of drug-likeness (QED) is 0.620. The van der Waals surface area contributed by atoms with Crippen LogP contribution < -0.4 is 11.1 Å². The van der Waals surface area contributed by atoms with Gasteiger partial charge in [0.2, 0.25) is 0 Å². The van der Waals surface area contributed by atoms with Crippen LogP contribution in [0.25, 0.3) is 0 Å². The first-order valence-corrected chi connectivity index (χ1v) is 6.56. The number of hydrogen-bond donors (Lipinski definition) is 2. The summed E-state index contributed by atoms with van der Waals surface area (Å²) < 4.78 is 1.90. The molecule has 0 aliphatic carbocycles. The van der Waals surface area contributed by atoms with Crippen molar-refractivity contribution in [2.45, 2.75) is 19.9 Å². The fourth-order valence-corrected chi connectivity index (χ4v) is 2.14. The predicted octanol–water partition coefficient (Wildman–Crippen LogP) is 1.72. The molecule has 0 bridgehead atoms. The Kier molecular flexibility index (Phi) is 4.46. The van der Waals surface area contributed by atoms with Crippen LogP contribution in [0.3, 0.4) is 0 Å². The minimum atomic E-state index is 0.375. The molecular weight excluding hydrogens is 258 g/mol. The van der Waals surface area contributed by atoms with Crippen molar-refractivity contribution < 1.29 is 0 Å². The first-order chi connectivity index (χ1) is 9.18. The van der Waals surface area contributed by atoms with Gasteiger partial charge < -0.3 is 11.1 Å². The monoisotopic (exact) mass is 275 g/mol. The largest absolute Gasteiger partial charge is 0.389 e. The van der Waals surface area contributed by atoms with Crippen LogP contribution in [0.5, 0.6) is 0 Å². The van der Waals surface area contributed by atoms with E-state index >= 15 is 0 Å². The second kappa shape index (κ2) is 6.29. The Morgan fingerprint density at radius 2 is 2.32 bits per heavy atom. The summed E-state index contributed by atoms with van der Waals surface area (Å²) in [4.78, 5) is 4.67. The maximum absolute atomic E-state index is 5.73. The summed E-state index contributed by atoms with van der Waals surface area (Å²) in [7, 11) is 0. The number of anilines is 1. The van der Waals surface area contributed by atoms with Gasteiger partial charge in [0.1, 0.15) is 10.8 Å². The van der Waals surface area contributed by atoms with E-state index in [1.807, 2.05) is 29.9 Å². The number of pyridine rings is 1. The number of nitrogens with one attached hydrogen (secondary N) is 1. The van der Waals surface area contributed by atoms with E-state index in [4.69, 9.17) is 18.0 Å². The van der Waals surface area contributed by atoms with Gasteiger partial charge in [-0.2, -0.15) is 5.10 Å². The molecule has 2 aromatic rings. The summed E-state index contributed by atoms with van der Waals surface area (Å²) >= 11 is 5.06. The van der Waals surface area contributed by atoms with Crippen molar-refractivity contribution in [1.29, 1.82) is 0 Å². The molecule has 100 valence electrons. The Morgan fingerprint density at radius 3 is 3.00 bits per heavy atom. The molecule has 2 heterocycles. The normalized spacial score (nSPS) is 10.4. The number of aromatic nitrogens is 3. The Balaban J connectivity index is 1.92. The fraction of sp³-hybridized carbons (Fsp3) is 0.308. The van der Waals surface area contributed by atoms with Crippen LogP contribution in [0.2, 0.25) is 0 Å². The molecule has 0 aromatic carbocycles. The van der Waals surface area contributed by atoms with Crippen LogP contribution in [-0.2, 0) is 6.54 Å². The van der Waals surface area contributed by atoms with E-state index < -0.39 is 0 Å². The van der Waals surface area contributed by atoms with Crippen molar-refractivity contribution >= 4 is 23.0 Å². The molecule has 0 radical (unpaired) electrons. The maximum atomic E-state index is 5.73. The third kappa shape index (κ3) is 3.51. The number of thiocarbonyl (C=S) groups is 1. The second-order valence-corrected chi connectivity index (χ2v) is 4.70. The van der Waals surface area contributed by atoms with E-state index in [1.165, 1.54) is 0 Å². The minimum absolute atomic E-state index is 0.375. The molecule has 0 atom stereocenters. The predicted molar refractivity (Wildman–Crippen MR) is 80.2 cm³/mol. The summed E-state index contributed by atoms with van der Waals surface area (Å²) in [5, 5.41) is 7.43. The Hall–Kier alpha value is -1.95. The highest BCUT2D eigenvalue weighted by atomic mass is 32.1. The van der Waals surface area contributed by atoms with Crippen LogP contribution in [0.15, 0.2) is 30.7 Å². The molecule has 6 heteroatoms. The summed E-state index contributed by atoms with van der Waals surface area (Å²) in [6.45, 7) is 3.64. The van der Waals surface area contributed by atoms with Crippen LogP contribution in [0.1, 0.15) is 17.5 Å². The van der Waals surface area contributed by atoms with E-state index in [-0.39, 0.29) is 0 Å². The Bertz CT molecular complexity index is 550. The average molecular weight is 275 g/mol. The summed E-state index contributed by atoms with van der Waals surface area (Å²) in [5.74, 6) is 0.757. The van der Waals surface area contributed by atoms with Gasteiger partial charge in [-0.25, -0.2) is 4.98 Å². The van der Waals surface area contributed by atoms with Crippen molar-refractivity contribution in [1.82, 2.24) is 14.8 Å². The minimum Gasteiger partial charge on any atom is -0.389 e. The van der Waals surface area contributed by atoms with Gasteiger partial charge in [-0.3, -0.25) is 4.68 Å². The molecule has 2 aromatic heterocycles. The zero-order chi connectivity index (χ0) is 13.7. The highest BCUT2D eigenvalue weighted by Crippen LogP contribution is 2.16. The fourth-order valence-electron chi connectivity index (χ4n) is 1.88. The second-order valence-electron chi connectivity index (χ2n) is 4.27. The molecular formula is C13H17N5S. The van der Waals surface area contributed by atoms with Gasteiger partial charge in [0.05, 0.1) is 5.56 Å². The summed E-state index contributed by atoms with van der Waals surface area (Å²) in [6.07, 6.45) is 6.44. The number of rotatable bonds is 6. The van der Waals surface area contributed by atoms with E-state index in [1.54, 1.807) is 12.4 Å². The number of nitrogens with zero attached hydrogens (tertiary/aromatic N) is 3. The standard InChI is InChI=1S/C13H17N5S/c1-10-4-7-16-13(11(10)12(14)19)15-5-2-8-18-9-3-6-17-18/h3-4,6-7,9H,2,5,8H2,1H3,(H2,14,19)(H,15,16). The molecule has 3 N–H and O–H groups in total. The first kappa shape index (κ1) is 13.5. The molecule has 0 aliphatic rings. The molecule has 0 amide bonds. The maximum Gasteiger partial charge on any atom is 0.136 e. The molecule has 5 nitrogen and oxygen atoms in total. The van der Waals surface area contributed by atoms with Gasteiger partial charge in [-0.05, 0) is 31.0 Å². The highest BCUT2D eigenvalue weighted by molar-refractivity contribution is 7.80. The number of aryl methyl sites for hydroxylation is 2. The molecule has 0 spiro atoms. The topological polar surface area (TPSA) is 68.8 Å². The molecule has 0 saturated carbocycles. The Morgan fingerprint density at radius 1 is 1.47 bits per heavy atom. The molecule has 0 unspecified atom stereocenters. The van der Waals surface area contributed by atoms with E-state index in [0.29, 0.717) is 4.99 Å². The van der Waals surface area contributed by atoms with Crippen molar-refractivity contribution in [2.24, 2.45) is 5.73 Å². The molecule has 0 fully saturated rings. The highest BCUT2D eigenvalue weighted by Gasteiger charge is 2.08. The van der Waals surface area contributed by atoms with E-state index in [2.05, 4.69) is 15.4 Å². The summed E-state index contributed by atoms with van der Waals surface area (Å²) in [5.41, 5.74) is 7.60. The van der Waals surface area contributed by atoms with Gasteiger partial charge in [0.15, 0.2) is 0 Å². The third-order valence-electron chi connectivity index (χ3n) is 2.82. The van der Waals surface area contributed by atoms with Crippen LogP contribution in [-0.4, -0.2) is 26.3 Å². The number of hydrogen-bond acceptors (Lipinski definition) is 4. The summed E-state index contributed by atoms with van der Waals surface area (Å²) in [6, 6.07) is 3.82. The smallest absolute Gasteiger partial charge is 0.136 e. The lowest BCUT2D eigenvalue weighted by Gasteiger charge is -2.12. The van der Waals surface area contributed by atoms with Gasteiger partial charge in [0, 0.05) is 31.7 Å². The zero-order valence-corrected chi connectivity index (χ0v) is 11.7. The van der Waals surface area contributed by atoms with Crippen LogP contribution >= 0.6 is 12.2 Å². The molecule has 0 saturated heterocycles. The number of nitrogens with two attached hydrogens (primary N) is 1. The van der Waals surface area contributed by atoms with E-state index in [0.717, 1.165) is 36.5 Å². The molecule has 0 aliphatic heterocycles. The van der Waals surface area contributed by atoms with Crippen molar-refractivity contribution in [3.05, 3.63) is 41.9 Å². The lowest BCUT2D eigenvalue weighted by atomic mass is 10.1. The Labute approximate surface area is 117 Å². The molecule has 19 heavy (non-hydrogen) atoms. The zero-order valence-electron chi connectivity index (χ0n) is 10.8. The van der Waals surface area contributed by atoms with Gasteiger partial charge in [-0.15, -0.1) is 0 Å². The molecule has 2 rings (SSSR count). The third-order valence-corrected chi connectivity index (χ3v) is 3.03. The van der Waals surface area contributed by atoms with Crippen LogP contribution in [0.4, 0.5) is 5.82 Å².